The lowest BCUT2D eigenvalue weighted by Crippen LogP contribution is -2.18. The second kappa shape index (κ2) is 3.59. The van der Waals surface area contributed by atoms with Crippen LogP contribution in [0.2, 0.25) is 0 Å². The van der Waals surface area contributed by atoms with Gasteiger partial charge in [0.2, 0.25) is 0 Å². The summed E-state index contributed by atoms with van der Waals surface area (Å²) in [5, 5.41) is 0. The topological polar surface area (TPSA) is 47.0 Å². The first kappa shape index (κ1) is 12.2. The molecule has 0 radical (unpaired) electrons. The van der Waals surface area contributed by atoms with E-state index in [0.29, 0.717) is 4.90 Å². The van der Waals surface area contributed by atoms with E-state index in [2.05, 4.69) is 4.98 Å². The summed E-state index contributed by atoms with van der Waals surface area (Å²) < 4.78 is 23.2. The molecule has 1 rings (SSSR count). The molecular weight excluding hydrogens is 210 g/mol. The van der Waals surface area contributed by atoms with E-state index >= 15 is 0 Å². The van der Waals surface area contributed by atoms with E-state index in [1.54, 1.807) is 6.20 Å². The Kier molecular flexibility index (Phi) is 2.92. The van der Waals surface area contributed by atoms with E-state index < -0.39 is 9.84 Å². The van der Waals surface area contributed by atoms with Crippen molar-refractivity contribution < 1.29 is 8.42 Å². The number of aryl methyl sites for hydroxylation is 1. The zero-order valence-corrected chi connectivity index (χ0v) is 10.6. The zero-order valence-electron chi connectivity index (χ0n) is 9.83. The van der Waals surface area contributed by atoms with Gasteiger partial charge in [-0.05, 0) is 23.5 Å². The maximum absolute atomic E-state index is 11.6. The summed E-state index contributed by atoms with van der Waals surface area (Å²) >= 11 is 0. The predicted octanol–water partition coefficient (Wildman–Crippen LogP) is 2.09. The maximum Gasteiger partial charge on any atom is 0.177 e. The van der Waals surface area contributed by atoms with Crippen molar-refractivity contribution in [2.75, 3.05) is 6.26 Å². The zero-order chi connectivity index (χ0) is 11.9. The van der Waals surface area contributed by atoms with E-state index in [-0.39, 0.29) is 5.41 Å². The quantitative estimate of drug-likeness (QED) is 0.738. The molecule has 3 nitrogen and oxygen atoms in total. The van der Waals surface area contributed by atoms with Crippen molar-refractivity contribution in [3.05, 3.63) is 23.5 Å². The Hall–Kier alpha value is -0.900. The van der Waals surface area contributed by atoms with Crippen molar-refractivity contribution in [1.29, 1.82) is 0 Å². The number of aromatic nitrogens is 1. The van der Waals surface area contributed by atoms with Crippen molar-refractivity contribution in [3.63, 3.8) is 0 Å². The van der Waals surface area contributed by atoms with Crippen molar-refractivity contribution in [3.8, 4) is 0 Å². The van der Waals surface area contributed by atoms with Crippen LogP contribution >= 0.6 is 0 Å². The Morgan fingerprint density at radius 1 is 1.20 bits per heavy atom. The number of sulfone groups is 1. The van der Waals surface area contributed by atoms with Gasteiger partial charge in [0.15, 0.2) is 9.84 Å². The van der Waals surface area contributed by atoms with Gasteiger partial charge in [-0.2, -0.15) is 0 Å². The molecule has 0 bridgehead atoms. The molecule has 1 aromatic rings. The number of hydrogen-bond acceptors (Lipinski definition) is 3. The highest BCUT2D eigenvalue weighted by Crippen LogP contribution is 2.30. The minimum absolute atomic E-state index is 0.189. The van der Waals surface area contributed by atoms with Gasteiger partial charge in [0.25, 0.3) is 0 Å². The van der Waals surface area contributed by atoms with Crippen LogP contribution in [0.3, 0.4) is 0 Å². The summed E-state index contributed by atoms with van der Waals surface area (Å²) in [5.74, 6) is 0. The summed E-state index contributed by atoms with van der Waals surface area (Å²) in [6, 6.07) is 0. The summed E-state index contributed by atoms with van der Waals surface area (Å²) in [5.41, 5.74) is 1.59. The average molecular weight is 227 g/mol. The molecule has 0 amide bonds. The molecule has 0 aromatic carbocycles. The molecule has 4 heteroatoms. The predicted molar refractivity (Wildman–Crippen MR) is 60.8 cm³/mol. The van der Waals surface area contributed by atoms with Crippen molar-refractivity contribution in [2.24, 2.45) is 0 Å². The van der Waals surface area contributed by atoms with Crippen LogP contribution in [0.1, 0.15) is 31.9 Å². The average Bonchev–Trinajstić information content (AvgIpc) is 1.99. The molecule has 0 aliphatic carbocycles. The smallest absolute Gasteiger partial charge is 0.177 e. The first-order chi connectivity index (χ1) is 6.64. The number of pyridine rings is 1. The Labute approximate surface area is 91.5 Å². The fraction of sp³-hybridized carbons (Fsp3) is 0.545. The lowest BCUT2D eigenvalue weighted by Gasteiger charge is -2.23. The molecule has 0 unspecified atom stereocenters. The maximum atomic E-state index is 11.6. The van der Waals surface area contributed by atoms with E-state index in [9.17, 15) is 8.42 Å². The summed E-state index contributed by atoms with van der Waals surface area (Å²) in [6.45, 7) is 7.90. The summed E-state index contributed by atoms with van der Waals surface area (Å²) in [4.78, 5) is 4.29. The van der Waals surface area contributed by atoms with Crippen LogP contribution in [0.25, 0.3) is 0 Å². The van der Waals surface area contributed by atoms with Crippen molar-refractivity contribution in [2.45, 2.75) is 38.0 Å². The largest absolute Gasteiger partial charge is 0.263 e. The molecule has 15 heavy (non-hydrogen) atoms. The SMILES string of the molecule is Cc1cncc(S(C)(=O)=O)c1C(C)(C)C. The third-order valence-corrected chi connectivity index (χ3v) is 3.36. The van der Waals surface area contributed by atoms with Gasteiger partial charge in [-0.1, -0.05) is 20.8 Å². The lowest BCUT2D eigenvalue weighted by atomic mass is 9.85. The Morgan fingerprint density at radius 2 is 1.73 bits per heavy atom. The molecule has 84 valence electrons. The van der Waals surface area contributed by atoms with Crippen LogP contribution < -0.4 is 0 Å². The van der Waals surface area contributed by atoms with Crippen LogP contribution in [0.15, 0.2) is 17.3 Å². The molecule has 0 saturated carbocycles. The van der Waals surface area contributed by atoms with Gasteiger partial charge in [-0.3, -0.25) is 4.98 Å². The van der Waals surface area contributed by atoms with Crippen LogP contribution in [-0.2, 0) is 15.3 Å². The molecule has 0 N–H and O–H groups in total. The van der Waals surface area contributed by atoms with Crippen LogP contribution in [0.4, 0.5) is 0 Å². The number of nitrogens with zero attached hydrogens (tertiary/aromatic N) is 1. The summed E-state index contributed by atoms with van der Waals surface area (Å²) in [6.07, 6.45) is 4.36. The molecular formula is C11H17NO2S. The minimum Gasteiger partial charge on any atom is -0.263 e. The van der Waals surface area contributed by atoms with Crippen LogP contribution in [0, 0.1) is 6.92 Å². The first-order valence-corrected chi connectivity index (χ1v) is 6.68. The molecule has 0 aliphatic heterocycles. The Balaban J connectivity index is 3.63. The lowest BCUT2D eigenvalue weighted by molar-refractivity contribution is 0.558. The van der Waals surface area contributed by atoms with Gasteiger partial charge >= 0.3 is 0 Å². The first-order valence-electron chi connectivity index (χ1n) is 4.79. The van der Waals surface area contributed by atoms with E-state index in [4.69, 9.17) is 0 Å². The minimum atomic E-state index is -3.20. The van der Waals surface area contributed by atoms with E-state index in [0.717, 1.165) is 11.1 Å². The van der Waals surface area contributed by atoms with Crippen molar-refractivity contribution in [1.82, 2.24) is 4.98 Å². The molecule has 0 saturated heterocycles. The molecule has 0 aliphatic rings. The fourth-order valence-corrected chi connectivity index (χ4v) is 2.87. The Bertz CT molecular complexity index is 470. The van der Waals surface area contributed by atoms with Gasteiger partial charge in [0, 0.05) is 18.6 Å². The van der Waals surface area contributed by atoms with E-state index in [1.807, 2.05) is 27.7 Å². The summed E-state index contributed by atoms with van der Waals surface area (Å²) in [7, 11) is -3.20. The highest BCUT2D eigenvalue weighted by atomic mass is 32.2. The molecule has 0 fully saturated rings. The highest BCUT2D eigenvalue weighted by Gasteiger charge is 2.25. The highest BCUT2D eigenvalue weighted by molar-refractivity contribution is 7.90. The van der Waals surface area contributed by atoms with E-state index in [1.165, 1.54) is 12.5 Å². The third kappa shape index (κ3) is 2.56. The molecule has 1 heterocycles. The molecule has 1 aromatic heterocycles. The fourth-order valence-electron chi connectivity index (χ4n) is 1.78. The normalized spacial score (nSPS) is 12.9. The van der Waals surface area contributed by atoms with Gasteiger partial charge < -0.3 is 0 Å². The standard InChI is InChI=1S/C11H17NO2S/c1-8-6-12-7-9(15(5,13)14)10(8)11(2,3)4/h6-7H,1-5H3. The van der Waals surface area contributed by atoms with Gasteiger partial charge in [-0.25, -0.2) is 8.42 Å². The van der Waals surface area contributed by atoms with Gasteiger partial charge in [0.1, 0.15) is 0 Å². The number of hydrogen-bond donors (Lipinski definition) is 0. The third-order valence-electron chi connectivity index (χ3n) is 2.25. The second-order valence-electron chi connectivity index (χ2n) is 4.85. The van der Waals surface area contributed by atoms with Gasteiger partial charge in [-0.15, -0.1) is 0 Å². The van der Waals surface area contributed by atoms with Crippen LogP contribution in [0.5, 0.6) is 0 Å². The number of rotatable bonds is 1. The van der Waals surface area contributed by atoms with Crippen molar-refractivity contribution >= 4 is 9.84 Å². The van der Waals surface area contributed by atoms with Gasteiger partial charge in [0.05, 0.1) is 4.90 Å². The monoisotopic (exact) mass is 227 g/mol. The molecule has 0 spiro atoms. The molecule has 0 atom stereocenters. The second-order valence-corrected chi connectivity index (χ2v) is 6.84. The van der Waals surface area contributed by atoms with Crippen LogP contribution in [-0.4, -0.2) is 19.7 Å². The Morgan fingerprint density at radius 3 is 2.07 bits per heavy atom.